The molecule has 1 aromatic heterocycles. The van der Waals surface area contributed by atoms with E-state index in [1.807, 2.05) is 38.1 Å². The minimum absolute atomic E-state index is 0.148. The molecule has 3 N–H and O–H groups in total. The quantitative estimate of drug-likeness (QED) is 0.351. The first-order chi connectivity index (χ1) is 8.20. The molecule has 0 aliphatic carbocycles. The van der Waals surface area contributed by atoms with Crippen LogP contribution in [0.25, 0.3) is 11.0 Å². The van der Waals surface area contributed by atoms with Gasteiger partial charge < -0.3 is 5.43 Å². The van der Waals surface area contributed by atoms with E-state index < -0.39 is 0 Å². The standard InChI is InChI=1S/C12H15N5/c1-8(2)15-12(17-13)11-7-14-9-5-3-4-6-10(9)16-11/h3-8H,13H2,1-2H3,(H,15,17). The van der Waals surface area contributed by atoms with Crippen molar-refractivity contribution in [2.24, 2.45) is 10.8 Å². The summed E-state index contributed by atoms with van der Waals surface area (Å²) in [5.41, 5.74) is 4.90. The second-order valence-electron chi connectivity index (χ2n) is 3.96. The highest BCUT2D eigenvalue weighted by molar-refractivity contribution is 5.97. The van der Waals surface area contributed by atoms with Crippen LogP contribution in [0, 0.1) is 0 Å². The van der Waals surface area contributed by atoms with Crippen LogP contribution in [-0.4, -0.2) is 21.8 Å². The number of para-hydroxylation sites is 2. The highest BCUT2D eigenvalue weighted by Crippen LogP contribution is 2.08. The Morgan fingerprint density at radius 2 is 2.00 bits per heavy atom. The van der Waals surface area contributed by atoms with Crippen molar-refractivity contribution in [1.29, 1.82) is 0 Å². The Morgan fingerprint density at radius 3 is 2.65 bits per heavy atom. The van der Waals surface area contributed by atoms with Gasteiger partial charge >= 0.3 is 0 Å². The Balaban J connectivity index is 2.48. The van der Waals surface area contributed by atoms with E-state index in [9.17, 15) is 0 Å². The average Bonchev–Trinajstić information content (AvgIpc) is 2.35. The summed E-state index contributed by atoms with van der Waals surface area (Å²) < 4.78 is 0. The summed E-state index contributed by atoms with van der Waals surface area (Å²) in [7, 11) is 0. The number of nitrogens with two attached hydrogens (primary N) is 1. The van der Waals surface area contributed by atoms with E-state index in [1.54, 1.807) is 6.20 Å². The minimum Gasteiger partial charge on any atom is -0.307 e. The van der Waals surface area contributed by atoms with Crippen LogP contribution in [0.4, 0.5) is 0 Å². The fourth-order valence-electron chi connectivity index (χ4n) is 1.51. The van der Waals surface area contributed by atoms with E-state index >= 15 is 0 Å². The topological polar surface area (TPSA) is 76.2 Å². The zero-order chi connectivity index (χ0) is 12.3. The second-order valence-corrected chi connectivity index (χ2v) is 3.96. The van der Waals surface area contributed by atoms with E-state index in [1.165, 1.54) is 0 Å². The van der Waals surface area contributed by atoms with Crippen molar-refractivity contribution >= 4 is 16.9 Å². The van der Waals surface area contributed by atoms with Crippen molar-refractivity contribution in [3.8, 4) is 0 Å². The lowest BCUT2D eigenvalue weighted by molar-refractivity contribution is 0.818. The molecule has 0 radical (unpaired) electrons. The summed E-state index contributed by atoms with van der Waals surface area (Å²) in [5, 5.41) is 0. The molecule has 0 fully saturated rings. The van der Waals surface area contributed by atoms with Gasteiger partial charge in [-0.3, -0.25) is 9.98 Å². The van der Waals surface area contributed by atoms with Gasteiger partial charge in [0.2, 0.25) is 0 Å². The van der Waals surface area contributed by atoms with E-state index in [0.29, 0.717) is 11.5 Å². The zero-order valence-corrected chi connectivity index (χ0v) is 9.88. The summed E-state index contributed by atoms with van der Waals surface area (Å²) in [5.74, 6) is 6.00. The van der Waals surface area contributed by atoms with Crippen LogP contribution in [-0.2, 0) is 0 Å². The second kappa shape index (κ2) is 4.88. The third-order valence-electron chi connectivity index (χ3n) is 2.22. The van der Waals surface area contributed by atoms with Crippen LogP contribution >= 0.6 is 0 Å². The third-order valence-corrected chi connectivity index (χ3v) is 2.22. The molecule has 2 aromatic rings. The summed E-state index contributed by atoms with van der Waals surface area (Å²) >= 11 is 0. The summed E-state index contributed by atoms with van der Waals surface area (Å²) in [4.78, 5) is 13.1. The molecule has 0 unspecified atom stereocenters. The van der Waals surface area contributed by atoms with Gasteiger partial charge in [0.1, 0.15) is 5.69 Å². The number of hydrogen-bond acceptors (Lipinski definition) is 4. The van der Waals surface area contributed by atoms with E-state index in [-0.39, 0.29) is 6.04 Å². The van der Waals surface area contributed by atoms with Gasteiger partial charge in [-0.15, -0.1) is 0 Å². The summed E-state index contributed by atoms with van der Waals surface area (Å²) in [6.45, 7) is 3.96. The first-order valence-electron chi connectivity index (χ1n) is 5.47. The average molecular weight is 229 g/mol. The molecule has 5 nitrogen and oxygen atoms in total. The predicted molar refractivity (Wildman–Crippen MR) is 68.5 cm³/mol. The lowest BCUT2D eigenvalue weighted by Gasteiger charge is -2.07. The highest BCUT2D eigenvalue weighted by atomic mass is 15.3. The third kappa shape index (κ3) is 2.57. The first kappa shape index (κ1) is 11.5. The fraction of sp³-hybridized carbons (Fsp3) is 0.250. The summed E-state index contributed by atoms with van der Waals surface area (Å²) in [6.07, 6.45) is 1.67. The lowest BCUT2D eigenvalue weighted by Crippen LogP contribution is -2.32. The number of amidine groups is 1. The molecule has 0 saturated heterocycles. The van der Waals surface area contributed by atoms with Gasteiger partial charge in [0.25, 0.3) is 0 Å². The predicted octanol–water partition coefficient (Wildman–Crippen LogP) is 1.25. The minimum atomic E-state index is 0.148. The molecule has 5 heteroatoms. The van der Waals surface area contributed by atoms with Gasteiger partial charge in [0.05, 0.1) is 17.2 Å². The number of rotatable bonds is 2. The van der Waals surface area contributed by atoms with Gasteiger partial charge in [0.15, 0.2) is 5.84 Å². The normalized spacial score (nSPS) is 12.1. The molecule has 17 heavy (non-hydrogen) atoms. The van der Waals surface area contributed by atoms with Crippen molar-refractivity contribution < 1.29 is 0 Å². The molecule has 1 aromatic carbocycles. The Kier molecular flexibility index (Phi) is 3.30. The highest BCUT2D eigenvalue weighted by Gasteiger charge is 2.06. The van der Waals surface area contributed by atoms with Crippen LogP contribution < -0.4 is 11.3 Å². The van der Waals surface area contributed by atoms with Crippen molar-refractivity contribution in [2.75, 3.05) is 0 Å². The number of hydrazine groups is 1. The number of nitrogens with one attached hydrogen (secondary N) is 1. The Morgan fingerprint density at radius 1 is 1.29 bits per heavy atom. The van der Waals surface area contributed by atoms with Gasteiger partial charge in [-0.2, -0.15) is 0 Å². The van der Waals surface area contributed by atoms with Crippen LogP contribution in [0.1, 0.15) is 19.5 Å². The summed E-state index contributed by atoms with van der Waals surface area (Å²) in [6, 6.07) is 7.84. The maximum atomic E-state index is 5.45. The van der Waals surface area contributed by atoms with E-state index in [2.05, 4.69) is 20.4 Å². The van der Waals surface area contributed by atoms with Crippen molar-refractivity contribution in [3.63, 3.8) is 0 Å². The number of aliphatic imine (C=N–C) groups is 1. The van der Waals surface area contributed by atoms with E-state index in [4.69, 9.17) is 5.84 Å². The largest absolute Gasteiger partial charge is 0.307 e. The number of aromatic nitrogens is 2. The van der Waals surface area contributed by atoms with Crippen LogP contribution in [0.15, 0.2) is 35.5 Å². The lowest BCUT2D eigenvalue weighted by atomic mass is 10.3. The maximum Gasteiger partial charge on any atom is 0.163 e. The Hall–Kier alpha value is -2.01. The monoisotopic (exact) mass is 229 g/mol. The van der Waals surface area contributed by atoms with Crippen LogP contribution in [0.3, 0.4) is 0 Å². The molecule has 0 amide bonds. The number of nitrogens with zero attached hydrogens (tertiary/aromatic N) is 3. The molecule has 0 aliphatic heterocycles. The molecule has 88 valence electrons. The van der Waals surface area contributed by atoms with Gasteiger partial charge in [0, 0.05) is 6.04 Å². The smallest absolute Gasteiger partial charge is 0.163 e. The molecular weight excluding hydrogens is 214 g/mol. The van der Waals surface area contributed by atoms with Crippen LogP contribution in [0.5, 0.6) is 0 Å². The molecule has 2 rings (SSSR count). The molecular formula is C12H15N5. The number of fused-ring (bicyclic) bond motifs is 1. The van der Waals surface area contributed by atoms with E-state index in [0.717, 1.165) is 11.0 Å². The number of hydrogen-bond donors (Lipinski definition) is 2. The molecule has 0 saturated carbocycles. The van der Waals surface area contributed by atoms with Crippen molar-refractivity contribution in [3.05, 3.63) is 36.2 Å². The molecule has 1 heterocycles. The molecule has 0 atom stereocenters. The first-order valence-corrected chi connectivity index (χ1v) is 5.47. The van der Waals surface area contributed by atoms with Gasteiger partial charge in [-0.25, -0.2) is 10.8 Å². The fourth-order valence-corrected chi connectivity index (χ4v) is 1.51. The zero-order valence-electron chi connectivity index (χ0n) is 9.88. The Labute approximate surface area is 99.8 Å². The SMILES string of the molecule is CC(C)N=C(NN)c1cnc2ccccc2n1. The van der Waals surface area contributed by atoms with Crippen LogP contribution in [0.2, 0.25) is 0 Å². The van der Waals surface area contributed by atoms with Crippen molar-refractivity contribution in [2.45, 2.75) is 19.9 Å². The molecule has 0 aliphatic rings. The molecule has 0 bridgehead atoms. The number of benzene rings is 1. The maximum absolute atomic E-state index is 5.45. The Bertz CT molecular complexity index is 547. The van der Waals surface area contributed by atoms with Crippen molar-refractivity contribution in [1.82, 2.24) is 15.4 Å². The molecule has 0 spiro atoms. The van der Waals surface area contributed by atoms with Gasteiger partial charge in [-0.1, -0.05) is 12.1 Å². The van der Waals surface area contributed by atoms with Gasteiger partial charge in [-0.05, 0) is 26.0 Å².